The molecule has 0 radical (unpaired) electrons. The van der Waals surface area contributed by atoms with Gasteiger partial charge in [-0.3, -0.25) is 0 Å². The molecular weight excluding hydrogens is 419 g/mol. The van der Waals surface area contributed by atoms with E-state index in [0.29, 0.717) is 5.56 Å². The van der Waals surface area contributed by atoms with Crippen molar-refractivity contribution in [1.82, 2.24) is 10.2 Å². The van der Waals surface area contributed by atoms with Crippen LogP contribution >= 0.6 is 0 Å². The summed E-state index contributed by atoms with van der Waals surface area (Å²) in [5.41, 5.74) is -7.81. The van der Waals surface area contributed by atoms with Crippen molar-refractivity contribution in [2.75, 3.05) is 0 Å². The second-order valence-corrected chi connectivity index (χ2v) is 8.80. The summed E-state index contributed by atoms with van der Waals surface area (Å²) in [7, 11) is -5.88. The van der Waals surface area contributed by atoms with E-state index in [9.17, 15) is 30.4 Å². The minimum absolute atomic E-state index is 0.0237. The highest BCUT2D eigenvalue weighted by atomic mass is 32.2. The van der Waals surface area contributed by atoms with Crippen molar-refractivity contribution >= 4 is 10.1 Å². The first-order chi connectivity index (χ1) is 13.3. The van der Waals surface area contributed by atoms with Gasteiger partial charge in [-0.05, 0) is 42.0 Å². The third-order valence-electron chi connectivity index (χ3n) is 4.85. The lowest BCUT2D eigenvalue weighted by Crippen LogP contribution is -2.32. The van der Waals surface area contributed by atoms with Crippen LogP contribution in [0.3, 0.4) is 0 Å². The zero-order valence-electron chi connectivity index (χ0n) is 15.6. The molecule has 1 aromatic carbocycles. The van der Waals surface area contributed by atoms with Crippen molar-refractivity contribution in [2.24, 2.45) is 5.92 Å². The molecule has 1 heterocycles. The average molecular weight is 436 g/mol. The molecule has 1 aliphatic carbocycles. The summed E-state index contributed by atoms with van der Waals surface area (Å²) >= 11 is 0. The monoisotopic (exact) mass is 436 g/mol. The molecule has 0 saturated heterocycles. The van der Waals surface area contributed by atoms with Crippen LogP contribution in [0.1, 0.15) is 44.4 Å². The topological polar surface area (TPSA) is 69.2 Å². The van der Waals surface area contributed by atoms with Crippen LogP contribution in [0.2, 0.25) is 0 Å². The summed E-state index contributed by atoms with van der Waals surface area (Å²) in [5, 5.41) is 7.63. The van der Waals surface area contributed by atoms with Gasteiger partial charge in [0.1, 0.15) is 22.9 Å². The number of aromatic nitrogens is 2. The van der Waals surface area contributed by atoms with E-state index in [0.717, 1.165) is 12.1 Å². The summed E-state index contributed by atoms with van der Waals surface area (Å²) in [6, 6.07) is 4.54. The molecule has 0 bridgehead atoms. The van der Waals surface area contributed by atoms with Gasteiger partial charge in [0.15, 0.2) is 0 Å². The van der Waals surface area contributed by atoms with Crippen LogP contribution in [0.15, 0.2) is 24.3 Å². The molecule has 158 valence electrons. The Balaban J connectivity index is 2.13. The van der Waals surface area contributed by atoms with Crippen molar-refractivity contribution in [3.05, 3.63) is 47.2 Å². The van der Waals surface area contributed by atoms with Crippen LogP contribution in [0.25, 0.3) is 11.3 Å². The Bertz CT molecular complexity index is 1040. The predicted molar refractivity (Wildman–Crippen MR) is 93.0 cm³/mol. The zero-order valence-corrected chi connectivity index (χ0v) is 16.4. The summed E-state index contributed by atoms with van der Waals surface area (Å²) in [4.78, 5) is 0. The lowest BCUT2D eigenvalue weighted by atomic mass is 9.95. The maximum atomic E-state index is 14.1. The summed E-state index contributed by atoms with van der Waals surface area (Å²) in [6.45, 7) is 4.88. The zero-order chi connectivity index (χ0) is 21.8. The minimum Gasteiger partial charge on any atom is -0.250 e. The van der Waals surface area contributed by atoms with Gasteiger partial charge in [-0.2, -0.15) is 26.7 Å². The molecule has 2 atom stereocenters. The first-order valence-corrected chi connectivity index (χ1v) is 10.1. The SMILES string of the molecule is CC(C)c1cc(-c2c(F)cccc2F)nnc1[C@@]1(OS(=O)(=O)C(F)(F)F)CC1C. The maximum absolute atomic E-state index is 14.1. The van der Waals surface area contributed by atoms with Gasteiger partial charge in [0.25, 0.3) is 0 Å². The minimum atomic E-state index is -5.88. The van der Waals surface area contributed by atoms with Gasteiger partial charge < -0.3 is 0 Å². The van der Waals surface area contributed by atoms with Gasteiger partial charge >= 0.3 is 15.6 Å². The highest BCUT2D eigenvalue weighted by Crippen LogP contribution is 2.57. The maximum Gasteiger partial charge on any atom is 0.523 e. The van der Waals surface area contributed by atoms with Gasteiger partial charge in [-0.1, -0.05) is 26.8 Å². The Morgan fingerprint density at radius 2 is 1.72 bits per heavy atom. The van der Waals surface area contributed by atoms with E-state index >= 15 is 0 Å². The fourth-order valence-electron chi connectivity index (χ4n) is 3.16. The second-order valence-electron chi connectivity index (χ2n) is 7.26. The molecule has 1 unspecified atom stereocenters. The van der Waals surface area contributed by atoms with Crippen LogP contribution < -0.4 is 0 Å². The van der Waals surface area contributed by atoms with Crippen LogP contribution in [0.4, 0.5) is 22.0 Å². The Morgan fingerprint density at radius 1 is 1.17 bits per heavy atom. The first kappa shape index (κ1) is 21.6. The molecule has 1 saturated carbocycles. The molecule has 0 amide bonds. The Labute approximate surface area is 164 Å². The van der Waals surface area contributed by atoms with Crippen molar-refractivity contribution in [3.63, 3.8) is 0 Å². The molecule has 5 nitrogen and oxygen atoms in total. The Hall–Kier alpha value is -2.14. The molecule has 3 rings (SSSR count). The van der Waals surface area contributed by atoms with E-state index < -0.39 is 44.3 Å². The van der Waals surface area contributed by atoms with E-state index in [1.54, 1.807) is 13.8 Å². The fourth-order valence-corrected chi connectivity index (χ4v) is 3.96. The molecule has 11 heteroatoms. The van der Waals surface area contributed by atoms with Crippen LogP contribution in [0.5, 0.6) is 0 Å². The van der Waals surface area contributed by atoms with E-state index in [1.165, 1.54) is 19.1 Å². The summed E-state index contributed by atoms with van der Waals surface area (Å²) < 4.78 is 94.5. The Kier molecular flexibility index (Phi) is 5.19. The van der Waals surface area contributed by atoms with Crippen molar-refractivity contribution in [2.45, 2.75) is 44.2 Å². The molecule has 0 spiro atoms. The lowest BCUT2D eigenvalue weighted by Gasteiger charge is -2.22. The molecule has 1 fully saturated rings. The van der Waals surface area contributed by atoms with E-state index in [-0.39, 0.29) is 23.7 Å². The molecule has 1 aliphatic rings. The van der Waals surface area contributed by atoms with Gasteiger partial charge in [-0.15, -0.1) is 5.10 Å². The highest BCUT2D eigenvalue weighted by molar-refractivity contribution is 7.87. The number of hydrogen-bond acceptors (Lipinski definition) is 5. The van der Waals surface area contributed by atoms with E-state index in [1.807, 2.05) is 0 Å². The van der Waals surface area contributed by atoms with Crippen molar-refractivity contribution < 1.29 is 34.6 Å². The quantitative estimate of drug-likeness (QED) is 0.388. The second kappa shape index (κ2) is 6.98. The van der Waals surface area contributed by atoms with Crippen molar-refractivity contribution in [3.8, 4) is 11.3 Å². The molecule has 2 aromatic rings. The first-order valence-electron chi connectivity index (χ1n) is 8.64. The highest BCUT2D eigenvalue weighted by Gasteiger charge is 2.63. The number of halogens is 5. The van der Waals surface area contributed by atoms with Gasteiger partial charge in [0.05, 0.1) is 11.3 Å². The van der Waals surface area contributed by atoms with Gasteiger partial charge in [-0.25, -0.2) is 13.0 Å². The fraction of sp³-hybridized carbons (Fsp3) is 0.444. The Morgan fingerprint density at radius 3 is 2.17 bits per heavy atom. The van der Waals surface area contributed by atoms with E-state index in [4.69, 9.17) is 0 Å². The standard InChI is InChI=1S/C18H17F5N2O3S/c1-9(2)11-7-14(15-12(19)5-4-6-13(15)20)24-25-16(11)17(8-10(17)3)28-29(26,27)18(21,22)23/h4-7,9-10H,8H2,1-3H3/t10?,17-/m1/s1. The third kappa shape index (κ3) is 3.73. The lowest BCUT2D eigenvalue weighted by molar-refractivity contribution is -0.0599. The molecule has 1 aromatic heterocycles. The van der Waals surface area contributed by atoms with Crippen molar-refractivity contribution in [1.29, 1.82) is 0 Å². The summed E-state index contributed by atoms with van der Waals surface area (Å²) in [6.07, 6.45) is -0.0237. The smallest absolute Gasteiger partial charge is 0.250 e. The third-order valence-corrected chi connectivity index (χ3v) is 5.94. The van der Waals surface area contributed by atoms with Crippen LogP contribution in [0, 0.1) is 17.6 Å². The van der Waals surface area contributed by atoms with Gasteiger partial charge in [0, 0.05) is 0 Å². The number of alkyl halides is 3. The number of nitrogens with zero attached hydrogens (tertiary/aromatic N) is 2. The van der Waals surface area contributed by atoms with E-state index in [2.05, 4.69) is 14.4 Å². The normalized spacial score (nSPS) is 22.2. The number of rotatable bonds is 5. The van der Waals surface area contributed by atoms with Crippen LogP contribution in [-0.4, -0.2) is 24.1 Å². The average Bonchev–Trinajstić information content (AvgIpc) is 3.23. The predicted octanol–water partition coefficient (Wildman–Crippen LogP) is 4.65. The summed E-state index contributed by atoms with van der Waals surface area (Å²) in [5.74, 6) is -2.71. The number of hydrogen-bond donors (Lipinski definition) is 0. The largest absolute Gasteiger partial charge is 0.523 e. The molecule has 0 N–H and O–H groups in total. The van der Waals surface area contributed by atoms with Crippen LogP contribution in [-0.2, 0) is 19.9 Å². The number of benzene rings is 1. The molecule has 0 aliphatic heterocycles. The van der Waals surface area contributed by atoms with Gasteiger partial charge in [0.2, 0.25) is 0 Å². The molecule has 29 heavy (non-hydrogen) atoms. The molecular formula is C18H17F5N2O3S.